The average molecular weight is 395 g/mol. The van der Waals surface area contributed by atoms with E-state index in [2.05, 4.69) is 6.58 Å². The van der Waals surface area contributed by atoms with Gasteiger partial charge in [0.25, 0.3) is 0 Å². The number of para-hydroxylation sites is 1. The van der Waals surface area contributed by atoms with E-state index in [1.165, 1.54) is 23.5 Å². The zero-order valence-corrected chi connectivity index (χ0v) is 15.6. The van der Waals surface area contributed by atoms with Crippen LogP contribution in [0, 0.1) is 11.7 Å². The molecule has 6 nitrogen and oxygen atoms in total. The molecular weight excluding hydrogens is 377 g/mol. The molecule has 1 aromatic heterocycles. The van der Waals surface area contributed by atoms with Crippen LogP contribution in [0.2, 0.25) is 0 Å². The van der Waals surface area contributed by atoms with Crippen LogP contribution in [0.1, 0.15) is 18.5 Å². The highest BCUT2D eigenvalue weighted by Crippen LogP contribution is 2.43. The van der Waals surface area contributed by atoms with Crippen molar-refractivity contribution in [3.05, 3.63) is 88.7 Å². The maximum atomic E-state index is 13.7. The van der Waals surface area contributed by atoms with Gasteiger partial charge in [-0.05, 0) is 37.3 Å². The number of hydrogen-bond acceptors (Lipinski definition) is 6. The van der Waals surface area contributed by atoms with Crippen LogP contribution in [0.25, 0.3) is 11.0 Å². The van der Waals surface area contributed by atoms with Crippen molar-refractivity contribution in [1.82, 2.24) is 0 Å². The van der Waals surface area contributed by atoms with Gasteiger partial charge in [0, 0.05) is 0 Å². The predicted molar refractivity (Wildman–Crippen MR) is 104 cm³/mol. The van der Waals surface area contributed by atoms with Crippen LogP contribution in [0.15, 0.2) is 76.3 Å². The Morgan fingerprint density at radius 1 is 1.24 bits per heavy atom. The lowest BCUT2D eigenvalue weighted by Crippen LogP contribution is -2.32. The van der Waals surface area contributed by atoms with Crippen molar-refractivity contribution in [3.63, 3.8) is 0 Å². The molecule has 2 atom stereocenters. The number of hydrogen-bond donors (Lipinski definition) is 0. The molecular formula is C22H18FNO5. The third-order valence-electron chi connectivity index (χ3n) is 4.76. The van der Waals surface area contributed by atoms with E-state index in [-0.39, 0.29) is 28.9 Å². The van der Waals surface area contributed by atoms with E-state index < -0.39 is 29.2 Å². The van der Waals surface area contributed by atoms with Gasteiger partial charge >= 0.3 is 5.97 Å². The quantitative estimate of drug-likeness (QED) is 0.619. The van der Waals surface area contributed by atoms with Crippen LogP contribution in [-0.4, -0.2) is 12.6 Å². The highest BCUT2D eigenvalue weighted by molar-refractivity contribution is 5.80. The minimum atomic E-state index is -0.955. The van der Waals surface area contributed by atoms with Gasteiger partial charge in [0.1, 0.15) is 35.4 Å². The second-order valence-corrected chi connectivity index (χ2v) is 6.55. The molecule has 0 spiro atoms. The monoisotopic (exact) mass is 395 g/mol. The number of nitrogens with zero attached hydrogens (tertiary/aromatic N) is 1. The summed E-state index contributed by atoms with van der Waals surface area (Å²) >= 11 is 0. The van der Waals surface area contributed by atoms with Crippen LogP contribution < -0.4 is 10.5 Å². The molecule has 2 unspecified atom stereocenters. The number of ether oxygens (including phenoxy) is 1. The summed E-state index contributed by atoms with van der Waals surface area (Å²) in [5, 5.41) is 1.51. The summed E-state index contributed by atoms with van der Waals surface area (Å²) in [5.41, 5.74) is 0.550. The molecule has 148 valence electrons. The van der Waals surface area contributed by atoms with Crippen LogP contribution >= 0.6 is 0 Å². The number of anilines is 1. The SMILES string of the molecule is C=C1ON(c2ccccc2)C(c2coc3ccc(F)cc3c2=O)C1C(=O)OCC. The molecule has 1 aliphatic heterocycles. The molecule has 0 amide bonds. The average Bonchev–Trinajstić information content (AvgIpc) is 3.06. The number of rotatable bonds is 4. The Balaban J connectivity index is 1.90. The first-order valence-electron chi connectivity index (χ1n) is 9.10. The molecule has 3 aromatic rings. The van der Waals surface area contributed by atoms with E-state index in [0.29, 0.717) is 5.69 Å². The van der Waals surface area contributed by atoms with E-state index in [1.54, 1.807) is 31.2 Å². The minimum Gasteiger partial charge on any atom is -0.465 e. The molecule has 0 bridgehead atoms. The summed E-state index contributed by atoms with van der Waals surface area (Å²) < 4.78 is 24.5. The minimum absolute atomic E-state index is 0.0793. The number of hydroxylamine groups is 1. The molecule has 2 heterocycles. The predicted octanol–water partition coefficient (Wildman–Crippen LogP) is 4.12. The maximum Gasteiger partial charge on any atom is 0.319 e. The molecule has 4 rings (SSSR count). The van der Waals surface area contributed by atoms with Crippen molar-refractivity contribution in [2.24, 2.45) is 5.92 Å². The summed E-state index contributed by atoms with van der Waals surface area (Å²) in [6, 6.07) is 11.8. The van der Waals surface area contributed by atoms with Crippen molar-refractivity contribution in [3.8, 4) is 0 Å². The van der Waals surface area contributed by atoms with Crippen molar-refractivity contribution >= 4 is 22.6 Å². The van der Waals surface area contributed by atoms with Crippen LogP contribution in [0.3, 0.4) is 0 Å². The zero-order chi connectivity index (χ0) is 20.5. The fourth-order valence-corrected chi connectivity index (χ4v) is 3.46. The number of benzene rings is 2. The number of esters is 1. The summed E-state index contributed by atoms with van der Waals surface area (Å²) in [6.45, 7) is 5.69. The van der Waals surface area contributed by atoms with E-state index in [1.807, 2.05) is 6.07 Å². The zero-order valence-electron chi connectivity index (χ0n) is 15.6. The van der Waals surface area contributed by atoms with E-state index in [0.717, 1.165) is 6.07 Å². The van der Waals surface area contributed by atoms with Crippen molar-refractivity contribution in [1.29, 1.82) is 0 Å². The van der Waals surface area contributed by atoms with Gasteiger partial charge in [-0.3, -0.25) is 9.59 Å². The van der Waals surface area contributed by atoms with Crippen molar-refractivity contribution in [2.75, 3.05) is 11.7 Å². The Bertz CT molecular complexity index is 1140. The van der Waals surface area contributed by atoms with Gasteiger partial charge in [-0.25, -0.2) is 9.45 Å². The second kappa shape index (κ2) is 7.43. The van der Waals surface area contributed by atoms with Crippen LogP contribution in [0.4, 0.5) is 10.1 Å². The standard InChI is InChI=1S/C22H18FNO5/c1-3-27-22(26)19-13(2)29-24(15-7-5-4-6-8-15)20(19)17-12-28-18-10-9-14(23)11-16(18)21(17)25/h4-12,19-20H,2-3H2,1H3. The highest BCUT2D eigenvalue weighted by Gasteiger charge is 2.47. The molecule has 0 N–H and O–H groups in total. The summed E-state index contributed by atoms with van der Waals surface area (Å²) in [6.07, 6.45) is 1.28. The van der Waals surface area contributed by atoms with E-state index >= 15 is 0 Å². The fourth-order valence-electron chi connectivity index (χ4n) is 3.46. The third-order valence-corrected chi connectivity index (χ3v) is 4.76. The van der Waals surface area contributed by atoms with Crippen molar-refractivity contribution < 1.29 is 23.2 Å². The third kappa shape index (κ3) is 3.24. The number of carbonyl (C=O) groups excluding carboxylic acids is 1. The Morgan fingerprint density at radius 3 is 2.72 bits per heavy atom. The Hall–Kier alpha value is -3.61. The van der Waals surface area contributed by atoms with Gasteiger partial charge < -0.3 is 14.0 Å². The number of halogens is 1. The van der Waals surface area contributed by atoms with Crippen LogP contribution in [-0.2, 0) is 14.4 Å². The molecule has 2 aromatic carbocycles. The van der Waals surface area contributed by atoms with Crippen LogP contribution in [0.5, 0.6) is 0 Å². The van der Waals surface area contributed by atoms with E-state index in [9.17, 15) is 14.0 Å². The Labute approximate surface area is 165 Å². The largest absolute Gasteiger partial charge is 0.465 e. The number of carbonyl (C=O) groups is 1. The normalized spacial score (nSPS) is 18.7. The Morgan fingerprint density at radius 2 is 2.00 bits per heavy atom. The number of fused-ring (bicyclic) bond motifs is 1. The summed E-state index contributed by atoms with van der Waals surface area (Å²) in [5.74, 6) is -1.93. The molecule has 0 saturated carbocycles. The van der Waals surface area contributed by atoms with Gasteiger partial charge in [-0.2, -0.15) is 0 Å². The first kappa shape index (κ1) is 18.7. The van der Waals surface area contributed by atoms with E-state index in [4.69, 9.17) is 14.0 Å². The highest BCUT2D eigenvalue weighted by atomic mass is 19.1. The molecule has 7 heteroatoms. The lowest BCUT2D eigenvalue weighted by molar-refractivity contribution is -0.147. The molecule has 0 aliphatic carbocycles. The molecule has 29 heavy (non-hydrogen) atoms. The molecule has 0 radical (unpaired) electrons. The molecule has 1 aliphatic rings. The molecule has 1 saturated heterocycles. The smallest absolute Gasteiger partial charge is 0.319 e. The van der Waals surface area contributed by atoms with Gasteiger partial charge in [-0.1, -0.05) is 24.8 Å². The van der Waals surface area contributed by atoms with Gasteiger partial charge in [0.15, 0.2) is 5.43 Å². The van der Waals surface area contributed by atoms with Gasteiger partial charge in [-0.15, -0.1) is 0 Å². The first-order chi connectivity index (χ1) is 14.0. The second-order valence-electron chi connectivity index (χ2n) is 6.55. The fraction of sp³-hybridized carbons (Fsp3) is 0.182. The maximum absolute atomic E-state index is 13.7. The van der Waals surface area contributed by atoms with Gasteiger partial charge in [0.2, 0.25) is 0 Å². The summed E-state index contributed by atoms with van der Waals surface area (Å²) in [4.78, 5) is 31.6. The lowest BCUT2D eigenvalue weighted by Gasteiger charge is -2.25. The van der Waals surface area contributed by atoms with Crippen molar-refractivity contribution in [2.45, 2.75) is 13.0 Å². The molecule has 1 fully saturated rings. The van der Waals surface area contributed by atoms with Gasteiger partial charge in [0.05, 0.1) is 23.2 Å². The Kier molecular flexibility index (Phi) is 4.80. The lowest BCUT2D eigenvalue weighted by atomic mass is 9.92. The topological polar surface area (TPSA) is 69.0 Å². The summed E-state index contributed by atoms with van der Waals surface area (Å²) in [7, 11) is 0. The first-order valence-corrected chi connectivity index (χ1v) is 9.10.